The lowest BCUT2D eigenvalue weighted by molar-refractivity contribution is 0.0954. The lowest BCUT2D eigenvalue weighted by atomic mass is 10.1. The lowest BCUT2D eigenvalue weighted by Crippen LogP contribution is -2.32. The second kappa shape index (κ2) is 9.05. The summed E-state index contributed by atoms with van der Waals surface area (Å²) in [5.74, 6) is -1.73. The Balaban J connectivity index is 1.95. The number of carbonyl (C=O) groups excluding carboxylic acids is 1. The first-order chi connectivity index (χ1) is 12.7. The largest absolute Gasteiger partial charge is 0.352 e. The molecule has 0 aliphatic heterocycles. The number of carbonyl (C=O) groups is 1. The number of rotatable bonds is 8. The molecule has 1 atom stereocenters. The van der Waals surface area contributed by atoms with Crippen molar-refractivity contribution in [3.05, 3.63) is 65.2 Å². The Morgan fingerprint density at radius 3 is 2.22 bits per heavy atom. The van der Waals surface area contributed by atoms with Gasteiger partial charge in [0.15, 0.2) is 0 Å². The van der Waals surface area contributed by atoms with Crippen LogP contribution in [0.3, 0.4) is 0 Å². The molecular weight excluding hydrogens is 374 g/mol. The van der Waals surface area contributed by atoms with Crippen molar-refractivity contribution >= 4 is 15.9 Å². The molecular formula is C19H22F2N2O3S. The highest BCUT2D eigenvalue weighted by molar-refractivity contribution is 7.89. The summed E-state index contributed by atoms with van der Waals surface area (Å²) in [6.45, 7) is 3.83. The lowest BCUT2D eigenvalue weighted by Gasteiger charge is -2.12. The average Bonchev–Trinajstić information content (AvgIpc) is 2.60. The fraction of sp³-hybridized carbons (Fsp3) is 0.316. The van der Waals surface area contributed by atoms with Gasteiger partial charge in [0, 0.05) is 24.2 Å². The van der Waals surface area contributed by atoms with Crippen LogP contribution in [0.1, 0.15) is 36.2 Å². The van der Waals surface area contributed by atoms with E-state index in [0.717, 1.165) is 6.07 Å². The molecule has 1 amide bonds. The molecule has 2 N–H and O–H groups in total. The Hall–Kier alpha value is -2.32. The third kappa shape index (κ3) is 6.11. The maximum Gasteiger partial charge on any atom is 0.251 e. The van der Waals surface area contributed by atoms with Gasteiger partial charge >= 0.3 is 0 Å². The second-order valence-electron chi connectivity index (χ2n) is 6.24. The molecule has 2 aromatic carbocycles. The first-order valence-electron chi connectivity index (χ1n) is 8.57. The molecule has 0 heterocycles. The summed E-state index contributed by atoms with van der Waals surface area (Å²) in [6, 6.07) is 8.57. The summed E-state index contributed by atoms with van der Waals surface area (Å²) in [5.41, 5.74) is 0.730. The normalized spacial score (nSPS) is 12.6. The summed E-state index contributed by atoms with van der Waals surface area (Å²) in [6.07, 6.45) is 0.931. The number of nitrogens with one attached hydrogen (secondary N) is 2. The van der Waals surface area contributed by atoms with E-state index >= 15 is 0 Å². The number of benzene rings is 2. The number of halogens is 2. The molecule has 0 aliphatic rings. The summed E-state index contributed by atoms with van der Waals surface area (Å²) >= 11 is 0. The van der Waals surface area contributed by atoms with Crippen LogP contribution in [0, 0.1) is 11.6 Å². The van der Waals surface area contributed by atoms with Crippen LogP contribution in [0.15, 0.2) is 47.4 Å². The second-order valence-corrected chi connectivity index (χ2v) is 7.95. The van der Waals surface area contributed by atoms with E-state index in [0.29, 0.717) is 17.5 Å². The number of hydrogen-bond acceptors (Lipinski definition) is 3. The Labute approximate surface area is 157 Å². The maximum absolute atomic E-state index is 13.1. The summed E-state index contributed by atoms with van der Waals surface area (Å²) in [4.78, 5) is 12.2. The highest BCUT2D eigenvalue weighted by Crippen LogP contribution is 2.12. The van der Waals surface area contributed by atoms with Gasteiger partial charge in [0.1, 0.15) is 11.6 Å². The molecule has 0 fully saturated rings. The predicted molar refractivity (Wildman–Crippen MR) is 98.9 cm³/mol. The molecule has 27 heavy (non-hydrogen) atoms. The van der Waals surface area contributed by atoms with Crippen molar-refractivity contribution < 1.29 is 22.0 Å². The first kappa shape index (κ1) is 21.0. The number of hydrogen-bond donors (Lipinski definition) is 2. The van der Waals surface area contributed by atoms with Gasteiger partial charge < -0.3 is 5.32 Å². The van der Waals surface area contributed by atoms with Gasteiger partial charge in [-0.05, 0) is 61.7 Å². The fourth-order valence-corrected chi connectivity index (χ4v) is 3.71. The molecule has 2 rings (SSSR count). The van der Waals surface area contributed by atoms with Crippen LogP contribution >= 0.6 is 0 Å². The van der Waals surface area contributed by atoms with E-state index in [1.807, 2.05) is 6.92 Å². The first-order valence-corrected chi connectivity index (χ1v) is 10.0. The van der Waals surface area contributed by atoms with Gasteiger partial charge in [0.05, 0.1) is 4.90 Å². The zero-order chi connectivity index (χ0) is 20.0. The zero-order valence-corrected chi connectivity index (χ0v) is 15.9. The van der Waals surface area contributed by atoms with Crippen molar-refractivity contribution in [2.75, 3.05) is 6.54 Å². The van der Waals surface area contributed by atoms with Gasteiger partial charge in [-0.25, -0.2) is 21.9 Å². The van der Waals surface area contributed by atoms with Crippen LogP contribution in [0.25, 0.3) is 0 Å². The Morgan fingerprint density at radius 2 is 1.67 bits per heavy atom. The topological polar surface area (TPSA) is 75.3 Å². The molecule has 0 radical (unpaired) electrons. The van der Waals surface area contributed by atoms with Crippen molar-refractivity contribution in [2.45, 2.75) is 37.6 Å². The fourth-order valence-electron chi connectivity index (χ4n) is 2.38. The van der Waals surface area contributed by atoms with Gasteiger partial charge in [-0.2, -0.15) is 0 Å². The van der Waals surface area contributed by atoms with Crippen molar-refractivity contribution in [3.8, 4) is 0 Å². The van der Waals surface area contributed by atoms with Crippen LogP contribution in [-0.2, 0) is 16.4 Å². The minimum atomic E-state index is -3.63. The van der Waals surface area contributed by atoms with E-state index in [1.165, 1.54) is 36.4 Å². The maximum atomic E-state index is 13.1. The molecule has 146 valence electrons. The Bertz CT molecular complexity index is 879. The average molecular weight is 396 g/mol. The minimum absolute atomic E-state index is 0.0783. The number of sulfonamides is 1. The van der Waals surface area contributed by atoms with Crippen LogP contribution in [0.2, 0.25) is 0 Å². The number of amides is 1. The van der Waals surface area contributed by atoms with E-state index in [1.54, 1.807) is 6.92 Å². The quantitative estimate of drug-likeness (QED) is 0.720. The van der Waals surface area contributed by atoms with E-state index in [-0.39, 0.29) is 23.9 Å². The monoisotopic (exact) mass is 396 g/mol. The minimum Gasteiger partial charge on any atom is -0.352 e. The molecule has 0 spiro atoms. The van der Waals surface area contributed by atoms with E-state index in [2.05, 4.69) is 10.0 Å². The molecule has 0 bridgehead atoms. The Kier molecular flexibility index (Phi) is 7.04. The zero-order valence-electron chi connectivity index (χ0n) is 15.1. The predicted octanol–water partition coefficient (Wildman–Crippen LogP) is 3.01. The van der Waals surface area contributed by atoms with Gasteiger partial charge in [-0.15, -0.1) is 0 Å². The van der Waals surface area contributed by atoms with Crippen molar-refractivity contribution in [2.24, 2.45) is 0 Å². The summed E-state index contributed by atoms with van der Waals surface area (Å²) in [7, 11) is -3.63. The Morgan fingerprint density at radius 1 is 1.07 bits per heavy atom. The molecule has 1 unspecified atom stereocenters. The molecule has 0 saturated carbocycles. The third-order valence-corrected chi connectivity index (χ3v) is 5.62. The summed E-state index contributed by atoms with van der Waals surface area (Å²) in [5, 5.41) is 2.64. The molecule has 0 saturated heterocycles. The standard InChI is InChI=1S/C19H22F2N2O3S/c1-3-13(2)23-27(25,26)18-6-4-15(5-7-18)19(24)22-9-8-14-10-16(20)12-17(21)11-14/h4-7,10-13,23H,3,8-9H2,1-2H3,(H,22,24). The molecule has 0 aromatic heterocycles. The van der Waals surface area contributed by atoms with Crippen molar-refractivity contribution in [1.29, 1.82) is 0 Å². The van der Waals surface area contributed by atoms with E-state index in [4.69, 9.17) is 0 Å². The van der Waals surface area contributed by atoms with Crippen molar-refractivity contribution in [1.82, 2.24) is 10.0 Å². The van der Waals surface area contributed by atoms with E-state index in [9.17, 15) is 22.0 Å². The van der Waals surface area contributed by atoms with E-state index < -0.39 is 27.6 Å². The smallest absolute Gasteiger partial charge is 0.251 e. The van der Waals surface area contributed by atoms with Gasteiger partial charge in [0.25, 0.3) is 5.91 Å². The highest BCUT2D eigenvalue weighted by Gasteiger charge is 2.17. The van der Waals surface area contributed by atoms with Crippen LogP contribution in [-0.4, -0.2) is 26.9 Å². The highest BCUT2D eigenvalue weighted by atomic mass is 32.2. The van der Waals surface area contributed by atoms with Crippen molar-refractivity contribution in [3.63, 3.8) is 0 Å². The van der Waals surface area contributed by atoms with Crippen LogP contribution in [0.5, 0.6) is 0 Å². The molecule has 0 aliphatic carbocycles. The van der Waals surface area contributed by atoms with Gasteiger partial charge in [-0.3, -0.25) is 4.79 Å². The third-order valence-electron chi connectivity index (χ3n) is 4.02. The van der Waals surface area contributed by atoms with Gasteiger partial charge in [0.2, 0.25) is 10.0 Å². The van der Waals surface area contributed by atoms with Gasteiger partial charge in [-0.1, -0.05) is 6.92 Å². The molecule has 8 heteroatoms. The SMILES string of the molecule is CCC(C)NS(=O)(=O)c1ccc(C(=O)NCCc2cc(F)cc(F)c2)cc1. The molecule has 5 nitrogen and oxygen atoms in total. The van der Waals surface area contributed by atoms with Crippen LogP contribution in [0.4, 0.5) is 8.78 Å². The molecule has 2 aromatic rings. The van der Waals surface area contributed by atoms with Crippen LogP contribution < -0.4 is 10.0 Å². The summed E-state index contributed by atoms with van der Waals surface area (Å²) < 4.78 is 53.2.